The average molecular weight is 388 g/mol. The maximum Gasteiger partial charge on any atom is 0.334 e. The van der Waals surface area contributed by atoms with Crippen LogP contribution in [-0.4, -0.2) is 52.9 Å². The zero-order valence-electron chi connectivity index (χ0n) is 12.2. The first kappa shape index (κ1) is 17.3. The summed E-state index contributed by atoms with van der Waals surface area (Å²) in [6.07, 6.45) is -0.787. The Labute approximate surface area is 142 Å². The van der Waals surface area contributed by atoms with Gasteiger partial charge in [-0.05, 0) is 31.2 Å². The lowest BCUT2D eigenvalue weighted by Crippen LogP contribution is -2.51. The van der Waals surface area contributed by atoms with Crippen molar-refractivity contribution in [2.24, 2.45) is 0 Å². The van der Waals surface area contributed by atoms with E-state index in [0.717, 1.165) is 9.37 Å². The standard InChI is InChI=1S/C15H18BrNO4S/c1-10-8-17(9-13(21-10)15(19)20)14(18)6-7-22-12-4-2-11(16)3-5-12/h2-5,10,13H,6-9H2,1H3,(H,19,20)/t10-,13?/m1/s1. The van der Waals surface area contributed by atoms with Gasteiger partial charge in [0, 0.05) is 28.1 Å². The Morgan fingerprint density at radius 2 is 2.05 bits per heavy atom. The number of thioether (sulfide) groups is 1. The minimum absolute atomic E-state index is 0.0222. The summed E-state index contributed by atoms with van der Waals surface area (Å²) in [6, 6.07) is 7.92. The Balaban J connectivity index is 1.81. The van der Waals surface area contributed by atoms with Crippen molar-refractivity contribution in [3.8, 4) is 0 Å². The summed E-state index contributed by atoms with van der Waals surface area (Å²) in [5.41, 5.74) is 0. The minimum atomic E-state index is -1.02. The van der Waals surface area contributed by atoms with E-state index in [1.54, 1.807) is 23.6 Å². The summed E-state index contributed by atoms with van der Waals surface area (Å²) in [5.74, 6) is -0.371. The van der Waals surface area contributed by atoms with Crippen molar-refractivity contribution in [3.05, 3.63) is 28.7 Å². The molecule has 5 nitrogen and oxygen atoms in total. The monoisotopic (exact) mass is 387 g/mol. The van der Waals surface area contributed by atoms with Crippen molar-refractivity contribution in [2.45, 2.75) is 30.4 Å². The highest BCUT2D eigenvalue weighted by Gasteiger charge is 2.32. The third-order valence-corrected chi connectivity index (χ3v) is 4.83. The summed E-state index contributed by atoms with van der Waals surface area (Å²) in [6.45, 7) is 2.36. The van der Waals surface area contributed by atoms with E-state index in [0.29, 0.717) is 18.7 Å². The van der Waals surface area contributed by atoms with Gasteiger partial charge in [-0.15, -0.1) is 11.8 Å². The van der Waals surface area contributed by atoms with Crippen molar-refractivity contribution in [2.75, 3.05) is 18.8 Å². The molecule has 1 amide bonds. The molecule has 1 fully saturated rings. The summed E-state index contributed by atoms with van der Waals surface area (Å²) in [5, 5.41) is 9.03. The molecule has 0 bridgehead atoms. The van der Waals surface area contributed by atoms with E-state index in [2.05, 4.69) is 15.9 Å². The number of ether oxygens (including phenoxy) is 1. The van der Waals surface area contributed by atoms with Crippen molar-refractivity contribution in [1.29, 1.82) is 0 Å². The fraction of sp³-hybridized carbons (Fsp3) is 0.467. The second-order valence-electron chi connectivity index (χ2n) is 5.12. The van der Waals surface area contributed by atoms with Gasteiger partial charge in [0.1, 0.15) is 0 Å². The van der Waals surface area contributed by atoms with Gasteiger partial charge in [0.05, 0.1) is 12.6 Å². The van der Waals surface area contributed by atoms with Crippen LogP contribution in [0.3, 0.4) is 0 Å². The average Bonchev–Trinajstić information content (AvgIpc) is 2.48. The van der Waals surface area contributed by atoms with Crippen LogP contribution in [0.4, 0.5) is 0 Å². The number of carboxylic acids is 1. The molecule has 120 valence electrons. The van der Waals surface area contributed by atoms with Gasteiger partial charge in [-0.2, -0.15) is 0 Å². The Bertz CT molecular complexity index is 537. The highest BCUT2D eigenvalue weighted by atomic mass is 79.9. The van der Waals surface area contributed by atoms with E-state index in [9.17, 15) is 9.59 Å². The Kier molecular flexibility index (Phi) is 6.28. The highest BCUT2D eigenvalue weighted by Crippen LogP contribution is 2.22. The molecule has 1 heterocycles. The van der Waals surface area contributed by atoms with Gasteiger partial charge in [-0.1, -0.05) is 15.9 Å². The number of nitrogens with zero attached hydrogens (tertiary/aromatic N) is 1. The lowest BCUT2D eigenvalue weighted by Gasteiger charge is -2.35. The Morgan fingerprint density at radius 1 is 1.36 bits per heavy atom. The number of carboxylic acid groups (broad SMARTS) is 1. The van der Waals surface area contributed by atoms with E-state index >= 15 is 0 Å². The van der Waals surface area contributed by atoms with Crippen LogP contribution in [0.2, 0.25) is 0 Å². The quantitative estimate of drug-likeness (QED) is 0.786. The van der Waals surface area contributed by atoms with Gasteiger partial charge in [0.25, 0.3) is 0 Å². The lowest BCUT2D eigenvalue weighted by atomic mass is 10.2. The molecule has 0 saturated carbocycles. The predicted octanol–water partition coefficient (Wildman–Crippen LogP) is 2.63. The SMILES string of the molecule is C[C@@H]1CN(C(=O)CCSc2ccc(Br)cc2)CC(C(=O)O)O1. The zero-order valence-corrected chi connectivity index (χ0v) is 14.6. The van der Waals surface area contributed by atoms with Crippen LogP contribution >= 0.6 is 27.7 Å². The second kappa shape index (κ2) is 7.99. The third kappa shape index (κ3) is 5.00. The number of rotatable bonds is 5. The molecule has 1 aromatic carbocycles. The first-order valence-corrected chi connectivity index (χ1v) is 8.78. The predicted molar refractivity (Wildman–Crippen MR) is 88.0 cm³/mol. The van der Waals surface area contributed by atoms with Crippen LogP contribution in [0, 0.1) is 0 Å². The molecular formula is C15H18BrNO4S. The number of hydrogen-bond donors (Lipinski definition) is 1. The van der Waals surface area contributed by atoms with E-state index in [1.807, 2.05) is 24.3 Å². The maximum absolute atomic E-state index is 12.2. The Hall–Kier alpha value is -1.05. The number of aliphatic carboxylic acids is 1. The molecule has 0 aliphatic carbocycles. The third-order valence-electron chi connectivity index (χ3n) is 3.29. The van der Waals surface area contributed by atoms with Gasteiger partial charge < -0.3 is 14.7 Å². The number of carbonyl (C=O) groups is 2. The van der Waals surface area contributed by atoms with Crippen LogP contribution in [-0.2, 0) is 14.3 Å². The molecule has 1 aromatic rings. The van der Waals surface area contributed by atoms with Crippen molar-refractivity contribution in [3.63, 3.8) is 0 Å². The molecule has 2 rings (SSSR count). The molecule has 1 aliphatic heterocycles. The first-order chi connectivity index (χ1) is 10.5. The smallest absolute Gasteiger partial charge is 0.334 e. The minimum Gasteiger partial charge on any atom is -0.479 e. The van der Waals surface area contributed by atoms with E-state index in [4.69, 9.17) is 9.84 Å². The largest absolute Gasteiger partial charge is 0.479 e. The molecular weight excluding hydrogens is 370 g/mol. The van der Waals surface area contributed by atoms with Crippen LogP contribution in [0.15, 0.2) is 33.6 Å². The topological polar surface area (TPSA) is 66.8 Å². The fourth-order valence-electron chi connectivity index (χ4n) is 2.24. The number of carbonyl (C=O) groups excluding carboxylic acids is 1. The zero-order chi connectivity index (χ0) is 16.1. The van der Waals surface area contributed by atoms with Crippen LogP contribution in [0.5, 0.6) is 0 Å². The molecule has 0 radical (unpaired) electrons. The maximum atomic E-state index is 12.2. The van der Waals surface area contributed by atoms with Gasteiger partial charge in [-0.25, -0.2) is 4.79 Å². The van der Waals surface area contributed by atoms with E-state index < -0.39 is 12.1 Å². The highest BCUT2D eigenvalue weighted by molar-refractivity contribution is 9.10. The van der Waals surface area contributed by atoms with Crippen LogP contribution in [0.1, 0.15) is 13.3 Å². The van der Waals surface area contributed by atoms with Gasteiger partial charge in [0.15, 0.2) is 6.10 Å². The van der Waals surface area contributed by atoms with Crippen molar-refractivity contribution >= 4 is 39.6 Å². The second-order valence-corrected chi connectivity index (χ2v) is 7.21. The van der Waals surface area contributed by atoms with Gasteiger partial charge >= 0.3 is 5.97 Å². The molecule has 1 unspecified atom stereocenters. The number of morpholine rings is 1. The molecule has 0 spiro atoms. The summed E-state index contributed by atoms with van der Waals surface area (Å²) in [4.78, 5) is 25.9. The van der Waals surface area contributed by atoms with Crippen LogP contribution in [0.25, 0.3) is 0 Å². The molecule has 2 atom stereocenters. The number of halogens is 1. The number of hydrogen-bond acceptors (Lipinski definition) is 4. The van der Waals surface area contributed by atoms with E-state index in [-0.39, 0.29) is 18.6 Å². The lowest BCUT2D eigenvalue weighted by molar-refractivity contribution is -0.166. The summed E-state index contributed by atoms with van der Waals surface area (Å²) < 4.78 is 6.33. The molecule has 1 saturated heterocycles. The summed E-state index contributed by atoms with van der Waals surface area (Å²) in [7, 11) is 0. The van der Waals surface area contributed by atoms with Gasteiger partial charge in [-0.3, -0.25) is 4.79 Å². The molecule has 7 heteroatoms. The van der Waals surface area contributed by atoms with Gasteiger partial charge in [0.2, 0.25) is 5.91 Å². The first-order valence-electron chi connectivity index (χ1n) is 7.00. The van der Waals surface area contributed by atoms with E-state index in [1.165, 1.54) is 0 Å². The number of benzene rings is 1. The molecule has 1 N–H and O–H groups in total. The Morgan fingerprint density at radius 3 is 2.68 bits per heavy atom. The normalized spacial score (nSPS) is 21.6. The van der Waals surface area contributed by atoms with Crippen molar-refractivity contribution in [1.82, 2.24) is 4.90 Å². The summed E-state index contributed by atoms with van der Waals surface area (Å²) >= 11 is 5.00. The van der Waals surface area contributed by atoms with Crippen LogP contribution < -0.4 is 0 Å². The number of amides is 1. The fourth-order valence-corrected chi connectivity index (χ4v) is 3.34. The molecule has 1 aliphatic rings. The van der Waals surface area contributed by atoms with Crippen molar-refractivity contribution < 1.29 is 19.4 Å². The molecule has 22 heavy (non-hydrogen) atoms. The molecule has 0 aromatic heterocycles.